The van der Waals surface area contributed by atoms with Gasteiger partial charge in [-0.25, -0.2) is 0 Å². The molecule has 4 nitrogen and oxygen atoms in total. The number of rotatable bonds is 7. The minimum absolute atomic E-state index is 0.0272. The first-order valence-corrected chi connectivity index (χ1v) is 11.4. The van der Waals surface area contributed by atoms with Crippen LogP contribution in [0.3, 0.4) is 0 Å². The third-order valence-corrected chi connectivity index (χ3v) is 7.03. The number of nitrogens with one attached hydrogen (secondary N) is 2. The van der Waals surface area contributed by atoms with Crippen LogP contribution in [0.15, 0.2) is 73.6 Å². The van der Waals surface area contributed by atoms with Gasteiger partial charge in [-0.2, -0.15) is 0 Å². The van der Waals surface area contributed by atoms with E-state index in [9.17, 15) is 4.79 Å². The molecule has 2 N–H and O–H groups in total. The van der Waals surface area contributed by atoms with Crippen LogP contribution in [0, 0.1) is 0 Å². The van der Waals surface area contributed by atoms with Crippen LogP contribution < -0.4 is 10.6 Å². The van der Waals surface area contributed by atoms with E-state index in [2.05, 4.69) is 85.3 Å². The Bertz CT molecular complexity index is 941. The lowest BCUT2D eigenvalue weighted by molar-refractivity contribution is -0.128. The van der Waals surface area contributed by atoms with Gasteiger partial charge < -0.3 is 10.6 Å². The first-order valence-electron chi connectivity index (χ1n) is 11.4. The molecule has 0 radical (unpaired) electrons. The Morgan fingerprint density at radius 2 is 1.81 bits per heavy atom. The number of amides is 1. The van der Waals surface area contributed by atoms with E-state index in [1.165, 1.54) is 16.7 Å². The number of hydrogen-bond donors (Lipinski definition) is 2. The molecule has 0 bridgehead atoms. The van der Waals surface area contributed by atoms with E-state index in [1.807, 2.05) is 4.90 Å². The molecule has 0 aromatic heterocycles. The lowest BCUT2D eigenvalue weighted by atomic mass is 9.67. The van der Waals surface area contributed by atoms with Gasteiger partial charge >= 0.3 is 0 Å². The van der Waals surface area contributed by atoms with Crippen LogP contribution in [0.5, 0.6) is 0 Å². The summed E-state index contributed by atoms with van der Waals surface area (Å²) in [6.07, 6.45) is 4.98. The predicted molar refractivity (Wildman–Crippen MR) is 127 cm³/mol. The lowest BCUT2D eigenvalue weighted by Gasteiger charge is -2.43. The molecule has 1 heterocycles. The van der Waals surface area contributed by atoms with Crippen molar-refractivity contribution in [3.63, 3.8) is 0 Å². The van der Waals surface area contributed by atoms with Crippen LogP contribution in [-0.4, -0.2) is 29.9 Å². The molecule has 0 spiro atoms. The molecule has 1 aliphatic carbocycles. The molecule has 2 fully saturated rings. The topological polar surface area (TPSA) is 44.4 Å². The maximum atomic E-state index is 12.3. The maximum Gasteiger partial charge on any atom is 0.247 e. The Balaban J connectivity index is 1.51. The number of benzene rings is 2. The largest absolute Gasteiger partial charge is 0.384 e. The molecular formula is C27H33N3O. The highest BCUT2D eigenvalue weighted by atomic mass is 16.2. The molecule has 1 amide bonds. The first kappa shape index (κ1) is 21.2. The Labute approximate surface area is 186 Å². The summed E-state index contributed by atoms with van der Waals surface area (Å²) in [4.78, 5) is 14.2. The highest BCUT2D eigenvalue weighted by Gasteiger charge is 2.41. The Morgan fingerprint density at radius 1 is 1.13 bits per heavy atom. The smallest absolute Gasteiger partial charge is 0.247 e. The highest BCUT2D eigenvalue weighted by molar-refractivity contribution is 5.83. The molecule has 1 aliphatic heterocycles. The van der Waals surface area contributed by atoms with Crippen molar-refractivity contribution >= 4 is 11.6 Å². The normalized spacial score (nSPS) is 23.5. The summed E-state index contributed by atoms with van der Waals surface area (Å²) in [6, 6.07) is 19.5. The molecular weight excluding hydrogens is 382 g/mol. The van der Waals surface area contributed by atoms with Crippen molar-refractivity contribution in [3.05, 3.63) is 90.3 Å². The zero-order valence-corrected chi connectivity index (χ0v) is 18.5. The fraction of sp³-hybridized carbons (Fsp3) is 0.370. The van der Waals surface area contributed by atoms with E-state index < -0.39 is 0 Å². The van der Waals surface area contributed by atoms with Crippen molar-refractivity contribution in [2.24, 2.45) is 0 Å². The van der Waals surface area contributed by atoms with Crippen molar-refractivity contribution in [2.45, 2.75) is 50.5 Å². The molecule has 1 saturated heterocycles. The molecule has 2 aromatic rings. The van der Waals surface area contributed by atoms with Crippen molar-refractivity contribution in [3.8, 4) is 0 Å². The van der Waals surface area contributed by atoms with Gasteiger partial charge in [-0.05, 0) is 43.2 Å². The maximum absolute atomic E-state index is 12.3. The van der Waals surface area contributed by atoms with Crippen molar-refractivity contribution in [1.29, 1.82) is 0 Å². The van der Waals surface area contributed by atoms with E-state index in [-0.39, 0.29) is 17.4 Å². The van der Waals surface area contributed by atoms with E-state index in [1.54, 1.807) is 0 Å². The van der Waals surface area contributed by atoms with Gasteiger partial charge in [-0.1, -0.05) is 74.7 Å². The van der Waals surface area contributed by atoms with Gasteiger partial charge in [0, 0.05) is 29.3 Å². The fourth-order valence-electron chi connectivity index (χ4n) is 5.19. The summed E-state index contributed by atoms with van der Waals surface area (Å²) in [5.41, 5.74) is 4.90. The Hall–Kier alpha value is -3.01. The van der Waals surface area contributed by atoms with Gasteiger partial charge in [0.25, 0.3) is 0 Å². The molecule has 162 valence electrons. The fourth-order valence-corrected chi connectivity index (χ4v) is 5.19. The highest BCUT2D eigenvalue weighted by Crippen LogP contribution is 2.41. The molecule has 0 unspecified atom stereocenters. The van der Waals surface area contributed by atoms with Gasteiger partial charge in [0.1, 0.15) is 5.82 Å². The monoisotopic (exact) mass is 415 g/mol. The van der Waals surface area contributed by atoms with Crippen LogP contribution in [0.2, 0.25) is 0 Å². The zero-order chi connectivity index (χ0) is 21.8. The third kappa shape index (κ3) is 4.25. The minimum Gasteiger partial charge on any atom is -0.384 e. The second-order valence-corrected chi connectivity index (χ2v) is 8.78. The molecule has 31 heavy (non-hydrogen) atoms. The Kier molecular flexibility index (Phi) is 6.17. The number of nitrogens with zero attached hydrogens (tertiary/aromatic N) is 1. The lowest BCUT2D eigenvalue weighted by Crippen LogP contribution is -2.46. The minimum atomic E-state index is 0.0272. The van der Waals surface area contributed by atoms with Crippen LogP contribution in [0.4, 0.5) is 0 Å². The number of hydrogen-bond acceptors (Lipinski definition) is 3. The summed E-state index contributed by atoms with van der Waals surface area (Å²) >= 11 is 0. The third-order valence-electron chi connectivity index (χ3n) is 7.03. The average Bonchev–Trinajstić information content (AvgIpc) is 3.16. The molecule has 2 aromatic carbocycles. The van der Waals surface area contributed by atoms with E-state index in [0.29, 0.717) is 6.54 Å². The number of carbonyl (C=O) groups is 1. The number of aryl methyl sites for hydroxylation is 1. The first-order chi connectivity index (χ1) is 15.0. The summed E-state index contributed by atoms with van der Waals surface area (Å²) in [5, 5.41) is 6.78. The van der Waals surface area contributed by atoms with Crippen molar-refractivity contribution in [1.82, 2.24) is 15.5 Å². The molecule has 1 saturated carbocycles. The standard InChI is InChI=1S/C27H33N3O/c1-4-22-10-8-9-13-25(22)20(2)29-19-27(23-11-6-5-7-12-23)16-14-24(15-17-27)30-21(3)28-18-26(30)31/h5-13,24,28-29H,2-4,14-19H2,1H3. The second-order valence-electron chi connectivity index (χ2n) is 8.78. The average molecular weight is 416 g/mol. The van der Waals surface area contributed by atoms with E-state index in [0.717, 1.165) is 50.2 Å². The van der Waals surface area contributed by atoms with Gasteiger partial charge in [0.05, 0.1) is 6.54 Å². The SMILES string of the molecule is C=C(NCC1(c2ccccc2)CCC(N2C(=C)NCC2=O)CC1)c1ccccc1CC. The zero-order valence-electron chi connectivity index (χ0n) is 18.5. The van der Waals surface area contributed by atoms with E-state index in [4.69, 9.17) is 0 Å². The molecule has 4 rings (SSSR count). The van der Waals surface area contributed by atoms with Crippen LogP contribution in [-0.2, 0) is 16.6 Å². The molecule has 2 aliphatic rings. The molecule has 0 atom stereocenters. The summed E-state index contributed by atoms with van der Waals surface area (Å²) in [6.45, 7) is 11.8. The van der Waals surface area contributed by atoms with Crippen LogP contribution in [0.1, 0.15) is 49.3 Å². The van der Waals surface area contributed by atoms with Gasteiger partial charge in [0.2, 0.25) is 5.91 Å². The molecule has 4 heteroatoms. The quantitative estimate of drug-likeness (QED) is 0.695. The van der Waals surface area contributed by atoms with Gasteiger partial charge in [-0.3, -0.25) is 9.69 Å². The van der Waals surface area contributed by atoms with Crippen LogP contribution >= 0.6 is 0 Å². The van der Waals surface area contributed by atoms with Gasteiger partial charge in [0.15, 0.2) is 0 Å². The second kappa shape index (κ2) is 9.01. The summed E-state index contributed by atoms with van der Waals surface area (Å²) < 4.78 is 0. The Morgan fingerprint density at radius 3 is 2.45 bits per heavy atom. The predicted octanol–water partition coefficient (Wildman–Crippen LogP) is 4.59. The van der Waals surface area contributed by atoms with E-state index >= 15 is 0 Å². The van der Waals surface area contributed by atoms with Gasteiger partial charge in [-0.15, -0.1) is 0 Å². The summed E-state index contributed by atoms with van der Waals surface area (Å²) in [7, 11) is 0. The van der Waals surface area contributed by atoms with Crippen molar-refractivity contribution in [2.75, 3.05) is 13.1 Å². The number of carbonyl (C=O) groups excluding carboxylic acids is 1. The van der Waals surface area contributed by atoms with Crippen molar-refractivity contribution < 1.29 is 4.79 Å². The van der Waals surface area contributed by atoms with Crippen LogP contribution in [0.25, 0.3) is 5.70 Å². The summed E-state index contributed by atoms with van der Waals surface area (Å²) in [5.74, 6) is 0.898.